The quantitative estimate of drug-likeness (QED) is 0.497. The third kappa shape index (κ3) is 6.78. The molecule has 0 aliphatic rings. The van der Waals surface area contributed by atoms with Crippen molar-refractivity contribution >= 4 is 35.0 Å². The first kappa shape index (κ1) is 25.8. The van der Waals surface area contributed by atoms with Crippen LogP contribution in [0.25, 0.3) is 0 Å². The van der Waals surface area contributed by atoms with Gasteiger partial charge in [-0.15, -0.1) is 0 Å². The van der Waals surface area contributed by atoms with Crippen LogP contribution in [-0.4, -0.2) is 43.5 Å². The van der Waals surface area contributed by atoms with E-state index in [0.29, 0.717) is 40.9 Å². The van der Waals surface area contributed by atoms with Gasteiger partial charge in [0.1, 0.15) is 6.04 Å². The highest BCUT2D eigenvalue weighted by Gasteiger charge is 2.28. The fourth-order valence-electron chi connectivity index (χ4n) is 3.48. The van der Waals surface area contributed by atoms with Crippen LogP contribution < -0.4 is 14.8 Å². The number of benzene rings is 2. The second-order valence-electron chi connectivity index (χ2n) is 7.28. The van der Waals surface area contributed by atoms with Gasteiger partial charge in [-0.1, -0.05) is 42.3 Å². The minimum absolute atomic E-state index is 0.121. The van der Waals surface area contributed by atoms with Crippen LogP contribution in [0.4, 0.5) is 0 Å². The lowest BCUT2D eigenvalue weighted by Crippen LogP contribution is -2.49. The van der Waals surface area contributed by atoms with Gasteiger partial charge in [-0.3, -0.25) is 9.59 Å². The molecule has 2 rings (SSSR count). The highest BCUT2D eigenvalue weighted by molar-refractivity contribution is 6.42. The average Bonchev–Trinajstić information content (AvgIpc) is 2.79. The molecule has 0 bridgehead atoms. The Morgan fingerprint density at radius 1 is 0.969 bits per heavy atom. The molecular formula is C24H30Cl2N2O4. The van der Waals surface area contributed by atoms with Gasteiger partial charge in [-0.2, -0.15) is 0 Å². The summed E-state index contributed by atoms with van der Waals surface area (Å²) in [7, 11) is 3.15. The first-order valence-corrected chi connectivity index (χ1v) is 11.3. The lowest BCUT2D eigenvalue weighted by molar-refractivity contribution is -0.141. The molecule has 0 heterocycles. The zero-order valence-corrected chi connectivity index (χ0v) is 20.4. The van der Waals surface area contributed by atoms with Gasteiger partial charge in [0.15, 0.2) is 11.5 Å². The van der Waals surface area contributed by atoms with E-state index in [1.165, 1.54) is 0 Å². The van der Waals surface area contributed by atoms with Gasteiger partial charge in [-0.05, 0) is 55.2 Å². The lowest BCUT2D eigenvalue weighted by Gasteiger charge is -2.30. The van der Waals surface area contributed by atoms with Crippen LogP contribution in [0.2, 0.25) is 10.0 Å². The highest BCUT2D eigenvalue weighted by Crippen LogP contribution is 2.28. The Morgan fingerprint density at radius 2 is 1.66 bits per heavy atom. The predicted octanol–water partition coefficient (Wildman–Crippen LogP) is 4.89. The van der Waals surface area contributed by atoms with Crippen LogP contribution >= 0.6 is 23.2 Å². The fraction of sp³-hybridized carbons (Fsp3) is 0.417. The van der Waals surface area contributed by atoms with Crippen molar-refractivity contribution in [2.75, 3.05) is 20.8 Å². The largest absolute Gasteiger partial charge is 0.493 e. The molecular weight excluding hydrogens is 451 g/mol. The summed E-state index contributed by atoms with van der Waals surface area (Å²) in [5.41, 5.74) is 1.75. The van der Waals surface area contributed by atoms with E-state index in [1.54, 1.807) is 31.3 Å². The van der Waals surface area contributed by atoms with Gasteiger partial charge in [0.2, 0.25) is 11.8 Å². The molecule has 0 saturated heterocycles. The number of methoxy groups -OCH3 is 2. The van der Waals surface area contributed by atoms with Crippen LogP contribution in [0.1, 0.15) is 37.8 Å². The van der Waals surface area contributed by atoms with Crippen molar-refractivity contribution in [3.8, 4) is 11.5 Å². The summed E-state index contributed by atoms with van der Waals surface area (Å²) >= 11 is 12.2. The van der Waals surface area contributed by atoms with Crippen molar-refractivity contribution in [1.82, 2.24) is 10.2 Å². The molecule has 0 aliphatic heterocycles. The van der Waals surface area contributed by atoms with Crippen molar-refractivity contribution in [2.45, 2.75) is 45.7 Å². The van der Waals surface area contributed by atoms with Crippen molar-refractivity contribution < 1.29 is 19.1 Å². The molecule has 0 radical (unpaired) electrons. The van der Waals surface area contributed by atoms with Crippen molar-refractivity contribution in [1.29, 1.82) is 0 Å². The topological polar surface area (TPSA) is 67.9 Å². The van der Waals surface area contributed by atoms with Gasteiger partial charge < -0.3 is 19.7 Å². The Morgan fingerprint density at radius 3 is 2.25 bits per heavy atom. The number of likely N-dealkylation sites (N-methyl/N-ethyl adjacent to an activating group) is 1. The molecule has 0 aliphatic carbocycles. The van der Waals surface area contributed by atoms with E-state index in [-0.39, 0.29) is 24.8 Å². The van der Waals surface area contributed by atoms with E-state index in [4.69, 9.17) is 32.7 Å². The zero-order valence-electron chi connectivity index (χ0n) is 18.9. The van der Waals surface area contributed by atoms with E-state index < -0.39 is 6.04 Å². The van der Waals surface area contributed by atoms with Gasteiger partial charge in [0, 0.05) is 19.5 Å². The molecule has 2 aromatic carbocycles. The monoisotopic (exact) mass is 480 g/mol. The summed E-state index contributed by atoms with van der Waals surface area (Å²) in [4.78, 5) is 27.6. The minimum atomic E-state index is -0.581. The Kier molecular flexibility index (Phi) is 10.1. The molecule has 32 heavy (non-hydrogen) atoms. The van der Waals surface area contributed by atoms with Crippen LogP contribution in [0.3, 0.4) is 0 Å². The van der Waals surface area contributed by atoms with Gasteiger partial charge in [0.25, 0.3) is 0 Å². The molecule has 8 heteroatoms. The van der Waals surface area contributed by atoms with E-state index in [0.717, 1.165) is 11.1 Å². The Bertz CT molecular complexity index is 936. The van der Waals surface area contributed by atoms with E-state index in [2.05, 4.69) is 5.32 Å². The predicted molar refractivity (Wildman–Crippen MR) is 128 cm³/mol. The lowest BCUT2D eigenvalue weighted by atomic mass is 10.1. The summed E-state index contributed by atoms with van der Waals surface area (Å²) in [5.74, 6) is 0.948. The highest BCUT2D eigenvalue weighted by atomic mass is 35.5. The first-order valence-electron chi connectivity index (χ1n) is 10.6. The maximum absolute atomic E-state index is 13.3. The molecule has 2 amide bonds. The Balaban J connectivity index is 2.24. The number of amides is 2. The fourth-order valence-corrected chi connectivity index (χ4v) is 3.80. The number of aryl methyl sites for hydroxylation is 1. The summed E-state index contributed by atoms with van der Waals surface area (Å²) in [6.45, 7) is 4.50. The number of carbonyl (C=O) groups is 2. The molecule has 0 unspecified atom stereocenters. The van der Waals surface area contributed by atoms with Crippen LogP contribution in [0.5, 0.6) is 11.5 Å². The smallest absolute Gasteiger partial charge is 0.242 e. The number of rotatable bonds is 11. The maximum atomic E-state index is 13.3. The van der Waals surface area contributed by atoms with Crippen LogP contribution in [0, 0.1) is 0 Å². The number of hydrogen-bond donors (Lipinski definition) is 1. The summed E-state index contributed by atoms with van der Waals surface area (Å²) in [5, 5.41) is 3.68. The second-order valence-corrected chi connectivity index (χ2v) is 8.09. The first-order chi connectivity index (χ1) is 15.3. The number of hydrogen-bond acceptors (Lipinski definition) is 4. The third-order valence-electron chi connectivity index (χ3n) is 5.15. The number of halogens is 2. The average molecular weight is 481 g/mol. The zero-order chi connectivity index (χ0) is 23.7. The molecule has 1 atom stereocenters. The maximum Gasteiger partial charge on any atom is 0.242 e. The molecule has 2 aromatic rings. The SMILES string of the molecule is CCNC(=O)[C@H](CC)N(Cc1ccc(Cl)c(Cl)c1)C(=O)CCc1ccc(OC)c(OC)c1. The van der Waals surface area contributed by atoms with E-state index >= 15 is 0 Å². The third-order valence-corrected chi connectivity index (χ3v) is 5.89. The molecule has 1 N–H and O–H groups in total. The molecule has 0 aromatic heterocycles. The molecule has 6 nitrogen and oxygen atoms in total. The summed E-state index contributed by atoms with van der Waals surface area (Å²) in [6.07, 6.45) is 1.24. The second kappa shape index (κ2) is 12.6. The number of nitrogens with one attached hydrogen (secondary N) is 1. The minimum Gasteiger partial charge on any atom is -0.493 e. The van der Waals surface area contributed by atoms with Gasteiger partial charge >= 0.3 is 0 Å². The van der Waals surface area contributed by atoms with Crippen molar-refractivity contribution in [3.05, 3.63) is 57.6 Å². The summed E-state index contributed by atoms with van der Waals surface area (Å²) in [6, 6.07) is 10.2. The van der Waals surface area contributed by atoms with Crippen molar-refractivity contribution in [2.24, 2.45) is 0 Å². The van der Waals surface area contributed by atoms with Crippen molar-refractivity contribution in [3.63, 3.8) is 0 Å². The standard InChI is InChI=1S/C24H30Cl2N2O4/c1-5-20(24(30)27-6-2)28(15-17-7-10-18(25)19(26)13-17)23(29)12-9-16-8-11-21(31-3)22(14-16)32-4/h7-8,10-11,13-14,20H,5-6,9,12,15H2,1-4H3,(H,27,30)/t20-/m0/s1. The molecule has 174 valence electrons. The Hall–Kier alpha value is -2.44. The summed E-state index contributed by atoms with van der Waals surface area (Å²) < 4.78 is 10.6. The Labute approximate surface area is 199 Å². The number of carbonyl (C=O) groups excluding carboxylic acids is 2. The number of ether oxygens (including phenoxy) is 2. The molecule has 0 saturated carbocycles. The molecule has 0 spiro atoms. The number of nitrogens with zero attached hydrogens (tertiary/aromatic N) is 1. The molecule has 0 fully saturated rings. The van der Waals surface area contributed by atoms with Crippen LogP contribution in [-0.2, 0) is 22.6 Å². The van der Waals surface area contributed by atoms with E-state index in [1.807, 2.05) is 38.1 Å². The van der Waals surface area contributed by atoms with Crippen LogP contribution in [0.15, 0.2) is 36.4 Å². The van der Waals surface area contributed by atoms with Gasteiger partial charge in [-0.25, -0.2) is 0 Å². The van der Waals surface area contributed by atoms with Gasteiger partial charge in [0.05, 0.1) is 24.3 Å². The van der Waals surface area contributed by atoms with E-state index in [9.17, 15) is 9.59 Å². The normalized spacial score (nSPS) is 11.6.